The van der Waals surface area contributed by atoms with Crippen LogP contribution < -0.4 is 0 Å². The van der Waals surface area contributed by atoms with Gasteiger partial charge in [0.15, 0.2) is 11.4 Å². The first kappa shape index (κ1) is 33.9. The summed E-state index contributed by atoms with van der Waals surface area (Å²) in [6.07, 6.45) is 0. The second kappa shape index (κ2) is 13.6. The monoisotopic (exact) mass is 736 g/mol. The van der Waals surface area contributed by atoms with Gasteiger partial charge in [0.1, 0.15) is 0 Å². The Morgan fingerprint density at radius 2 is 0.914 bits per heavy atom. The number of para-hydroxylation sites is 2. The molecule has 0 atom stereocenters. The highest BCUT2D eigenvalue weighted by atomic mass is 15.0. The summed E-state index contributed by atoms with van der Waals surface area (Å²) >= 11 is 0. The van der Waals surface area contributed by atoms with Crippen molar-refractivity contribution >= 4 is 55.0 Å². The van der Waals surface area contributed by atoms with Gasteiger partial charge in [0, 0.05) is 32.9 Å². The van der Waals surface area contributed by atoms with E-state index in [4.69, 9.17) is 13.1 Å². The molecule has 10 aromatic rings. The van der Waals surface area contributed by atoms with Gasteiger partial charge in [-0.1, -0.05) is 91.0 Å². The Morgan fingerprint density at radius 1 is 0.414 bits per heavy atom. The zero-order valence-electron chi connectivity index (χ0n) is 30.8. The lowest BCUT2D eigenvalue weighted by Gasteiger charge is -2.15. The number of hydrogen-bond donors (Lipinski definition) is 0. The Kier molecular flexibility index (Phi) is 7.92. The lowest BCUT2D eigenvalue weighted by Crippen LogP contribution is -1.98. The predicted molar refractivity (Wildman–Crippen MR) is 233 cm³/mol. The third-order valence-electron chi connectivity index (χ3n) is 11.1. The molecule has 0 N–H and O–H groups in total. The molecule has 2 heterocycles. The third kappa shape index (κ3) is 5.38. The molecule has 6 heteroatoms. The summed E-state index contributed by atoms with van der Waals surface area (Å²) in [6, 6.07) is 61.1. The van der Waals surface area contributed by atoms with Crippen LogP contribution >= 0.6 is 0 Å². The average molecular weight is 737 g/mol. The summed E-state index contributed by atoms with van der Waals surface area (Å²) in [4.78, 5) is 7.50. The smallest absolute Gasteiger partial charge is 0.195 e. The predicted octanol–water partition coefficient (Wildman–Crippen LogP) is 13.7. The van der Waals surface area contributed by atoms with Crippen molar-refractivity contribution in [2.24, 2.45) is 0 Å². The van der Waals surface area contributed by atoms with Crippen LogP contribution in [0.5, 0.6) is 0 Å². The van der Waals surface area contributed by atoms with Crippen molar-refractivity contribution in [2.45, 2.75) is 0 Å². The SMILES string of the molecule is [C-]#[N+]c1ccc(-c2ccc3c(c2)c2ccccc2n3-c2ccc(C#N)c(-c3cc(-n4c5ccccc5c5cc(-c6ccc(C#N)cc6)ccc54)ccc3[N+]#[C-])c2)cc1. The molecule has 0 radical (unpaired) electrons. The maximum absolute atomic E-state index is 10.5. The summed E-state index contributed by atoms with van der Waals surface area (Å²) in [6.45, 7) is 15.6. The van der Waals surface area contributed by atoms with Gasteiger partial charge < -0.3 is 9.13 Å². The normalized spacial score (nSPS) is 11.0. The molecule has 0 bridgehead atoms. The molecule has 58 heavy (non-hydrogen) atoms. The van der Waals surface area contributed by atoms with Crippen LogP contribution in [0.1, 0.15) is 11.1 Å². The van der Waals surface area contributed by atoms with Gasteiger partial charge in [0.05, 0.1) is 58.5 Å². The van der Waals surface area contributed by atoms with Crippen LogP contribution in [0.4, 0.5) is 11.4 Å². The Balaban J connectivity index is 1.14. The fraction of sp³-hybridized carbons (Fsp3) is 0. The Morgan fingerprint density at radius 3 is 1.45 bits per heavy atom. The molecule has 2 aromatic heterocycles. The van der Waals surface area contributed by atoms with Gasteiger partial charge in [-0.05, 0) is 112 Å². The van der Waals surface area contributed by atoms with Crippen LogP contribution in [0, 0.1) is 35.8 Å². The first-order chi connectivity index (χ1) is 28.6. The van der Waals surface area contributed by atoms with E-state index in [2.05, 4.69) is 91.6 Å². The van der Waals surface area contributed by atoms with Crippen molar-refractivity contribution in [2.75, 3.05) is 0 Å². The van der Waals surface area contributed by atoms with Crippen LogP contribution in [0.2, 0.25) is 0 Å². The molecule has 0 saturated heterocycles. The fourth-order valence-electron chi connectivity index (χ4n) is 8.29. The highest BCUT2D eigenvalue weighted by molar-refractivity contribution is 6.12. The zero-order valence-corrected chi connectivity index (χ0v) is 30.8. The molecule has 0 fully saturated rings. The van der Waals surface area contributed by atoms with Crippen LogP contribution in [0.15, 0.2) is 170 Å². The summed E-state index contributed by atoms with van der Waals surface area (Å²) in [5, 5.41) is 24.2. The number of benzene rings is 8. The van der Waals surface area contributed by atoms with Crippen molar-refractivity contribution in [1.29, 1.82) is 10.5 Å². The highest BCUT2D eigenvalue weighted by Crippen LogP contribution is 2.41. The van der Waals surface area contributed by atoms with Crippen molar-refractivity contribution in [3.63, 3.8) is 0 Å². The number of nitriles is 2. The molecule has 266 valence electrons. The third-order valence-corrected chi connectivity index (χ3v) is 11.1. The van der Waals surface area contributed by atoms with Crippen LogP contribution in [-0.4, -0.2) is 9.13 Å². The van der Waals surface area contributed by atoms with E-state index in [-0.39, 0.29) is 0 Å². The maximum atomic E-state index is 10.5. The molecule has 0 aliphatic heterocycles. The molecule has 8 aromatic carbocycles. The van der Waals surface area contributed by atoms with E-state index in [1.807, 2.05) is 109 Å². The van der Waals surface area contributed by atoms with E-state index in [0.29, 0.717) is 33.6 Å². The Labute approximate surface area is 334 Å². The second-order valence-corrected chi connectivity index (χ2v) is 14.2. The minimum Gasteiger partial charge on any atom is -0.309 e. The second-order valence-electron chi connectivity index (χ2n) is 14.2. The molecule has 10 rings (SSSR count). The molecule has 0 spiro atoms. The summed E-state index contributed by atoms with van der Waals surface area (Å²) in [7, 11) is 0. The summed E-state index contributed by atoms with van der Waals surface area (Å²) in [5.74, 6) is 0. The van der Waals surface area contributed by atoms with Crippen molar-refractivity contribution in [1.82, 2.24) is 9.13 Å². The lowest BCUT2D eigenvalue weighted by molar-refractivity contribution is 1.17. The number of fused-ring (bicyclic) bond motifs is 6. The number of hydrogen-bond acceptors (Lipinski definition) is 2. The fourth-order valence-corrected chi connectivity index (χ4v) is 8.29. The van der Waals surface area contributed by atoms with Crippen LogP contribution in [0.3, 0.4) is 0 Å². The number of nitrogens with zero attached hydrogens (tertiary/aromatic N) is 6. The Hall–Kier alpha value is -8.68. The van der Waals surface area contributed by atoms with Gasteiger partial charge in [-0.25, -0.2) is 9.69 Å². The first-order valence-electron chi connectivity index (χ1n) is 18.7. The average Bonchev–Trinajstić information content (AvgIpc) is 3.81. The van der Waals surface area contributed by atoms with Gasteiger partial charge >= 0.3 is 0 Å². The topological polar surface area (TPSA) is 66.2 Å². The van der Waals surface area contributed by atoms with E-state index >= 15 is 0 Å². The van der Waals surface area contributed by atoms with Crippen LogP contribution in [-0.2, 0) is 0 Å². The standard InChI is InChI=1S/C52H28N6/c1-55-39-20-15-35(16-21-39)37-19-26-51-47(28-37)42-7-3-5-9-49(42)57(51)40-22-17-38(32-54)44(29-40)45-30-41(23-24-48(45)56-2)58-50-10-6-4-8-43(50)46-27-36(18-25-52(46)58)34-13-11-33(31-53)12-14-34/h3-30H. The van der Waals surface area contributed by atoms with Gasteiger partial charge in [-0.3, -0.25) is 0 Å². The van der Waals surface area contributed by atoms with Crippen LogP contribution in [0.25, 0.3) is 98.1 Å². The molecule has 0 amide bonds. The molecule has 0 aliphatic carbocycles. The Bertz CT molecular complexity index is 3250. The zero-order chi connectivity index (χ0) is 39.3. The molecular formula is C52H28N6. The molecule has 0 unspecified atom stereocenters. The lowest BCUT2D eigenvalue weighted by atomic mass is 9.97. The van der Waals surface area contributed by atoms with E-state index in [1.54, 1.807) is 0 Å². The summed E-state index contributed by atoms with van der Waals surface area (Å²) in [5.41, 5.74) is 13.5. The first-order valence-corrected chi connectivity index (χ1v) is 18.7. The summed E-state index contributed by atoms with van der Waals surface area (Å²) < 4.78 is 4.45. The minimum absolute atomic E-state index is 0.456. The van der Waals surface area contributed by atoms with E-state index in [9.17, 15) is 10.5 Å². The number of rotatable bonds is 5. The van der Waals surface area contributed by atoms with Crippen molar-refractivity contribution < 1.29 is 0 Å². The largest absolute Gasteiger partial charge is 0.309 e. The molecule has 0 saturated carbocycles. The van der Waals surface area contributed by atoms with E-state index < -0.39 is 0 Å². The van der Waals surface area contributed by atoms with E-state index in [1.165, 1.54) is 0 Å². The van der Waals surface area contributed by atoms with Gasteiger partial charge in [-0.2, -0.15) is 10.5 Å². The van der Waals surface area contributed by atoms with E-state index in [0.717, 1.165) is 77.2 Å². The quantitative estimate of drug-likeness (QED) is 0.165. The minimum atomic E-state index is 0.456. The highest BCUT2D eigenvalue weighted by Gasteiger charge is 2.19. The molecule has 6 nitrogen and oxygen atoms in total. The molecule has 0 aliphatic rings. The number of aromatic nitrogens is 2. The van der Waals surface area contributed by atoms with Crippen molar-refractivity contribution in [3.8, 4) is 56.9 Å². The van der Waals surface area contributed by atoms with Gasteiger partial charge in [-0.15, -0.1) is 0 Å². The van der Waals surface area contributed by atoms with Gasteiger partial charge in [0.2, 0.25) is 0 Å². The van der Waals surface area contributed by atoms with Crippen molar-refractivity contribution in [3.05, 3.63) is 204 Å². The maximum Gasteiger partial charge on any atom is 0.195 e. The molecular weight excluding hydrogens is 709 g/mol. The van der Waals surface area contributed by atoms with Gasteiger partial charge in [0.25, 0.3) is 0 Å².